The first-order valence-corrected chi connectivity index (χ1v) is 22.3. The maximum absolute atomic E-state index is 15.0. The highest BCUT2D eigenvalue weighted by Crippen LogP contribution is 2.69. The van der Waals surface area contributed by atoms with Gasteiger partial charge in [0.15, 0.2) is 63.5 Å². The van der Waals surface area contributed by atoms with Crippen molar-refractivity contribution < 1.29 is 58.9 Å². The molecule has 8 aliphatic rings. The number of allylic oxidation sites excluding steroid dienone is 4. The van der Waals surface area contributed by atoms with E-state index in [4.69, 9.17) is 25.7 Å². The molecule has 4 heterocycles. The minimum absolute atomic E-state index is 0.00796. The second kappa shape index (κ2) is 14.6. The predicted molar refractivity (Wildman–Crippen MR) is 247 cm³/mol. The fraction of sp³-hybridized carbons (Fsp3) is 0.259. The molecule has 0 radical (unpaired) electrons. The first-order valence-electron chi connectivity index (χ1n) is 22.3. The van der Waals surface area contributed by atoms with Gasteiger partial charge in [-0.3, -0.25) is 19.2 Å². The largest absolute Gasteiger partial charge is 0.507 e. The molecule has 0 amide bonds. The van der Waals surface area contributed by atoms with Crippen molar-refractivity contribution in [2.75, 3.05) is 10.6 Å². The molecule has 346 valence electrons. The smallest absolute Gasteiger partial charge is 0.198 e. The third-order valence-electron chi connectivity index (χ3n) is 14.8. The molecule has 11 N–H and O–H groups in total. The molecule has 4 bridgehead atoms. The van der Waals surface area contributed by atoms with Crippen LogP contribution in [0.5, 0.6) is 11.5 Å². The Morgan fingerprint density at radius 3 is 1.70 bits per heavy atom. The molecule has 0 saturated carbocycles. The van der Waals surface area contributed by atoms with Crippen molar-refractivity contribution in [2.24, 2.45) is 11.5 Å². The molecule has 10 atom stereocenters. The summed E-state index contributed by atoms with van der Waals surface area (Å²) in [6, 6.07) is 9.56. The number of hydrogen-bond acceptors (Lipinski definition) is 16. The van der Waals surface area contributed by atoms with Crippen LogP contribution in [0, 0.1) is 47.4 Å². The van der Waals surface area contributed by atoms with Gasteiger partial charge in [-0.05, 0) is 79.4 Å². The Balaban J connectivity index is 1.04. The molecule has 0 spiro atoms. The van der Waals surface area contributed by atoms with Gasteiger partial charge in [-0.2, -0.15) is 0 Å². The number of carbonyl (C=O) groups excluding carboxylic acids is 4. The van der Waals surface area contributed by atoms with Crippen LogP contribution in [0.2, 0.25) is 0 Å². The van der Waals surface area contributed by atoms with Crippen LogP contribution in [0.15, 0.2) is 72.5 Å². The van der Waals surface area contributed by atoms with E-state index in [2.05, 4.69) is 58.0 Å². The number of phenols is 1. The zero-order valence-corrected chi connectivity index (χ0v) is 37.0. The van der Waals surface area contributed by atoms with Gasteiger partial charge < -0.3 is 61.8 Å². The number of rotatable bonds is 6. The zero-order valence-electron chi connectivity index (χ0n) is 37.0. The summed E-state index contributed by atoms with van der Waals surface area (Å²) in [4.78, 5) is 58.4. The molecule has 70 heavy (non-hydrogen) atoms. The lowest BCUT2D eigenvalue weighted by molar-refractivity contribution is 0.0866. The van der Waals surface area contributed by atoms with Gasteiger partial charge in [0.1, 0.15) is 23.6 Å². The van der Waals surface area contributed by atoms with Crippen LogP contribution in [0.1, 0.15) is 99.8 Å². The number of nitrogens with one attached hydrogen (secondary N) is 2. The Hall–Kier alpha value is -7.84. The van der Waals surface area contributed by atoms with Crippen molar-refractivity contribution in [1.82, 2.24) is 0 Å². The molecular weight excluding hydrogens is 897 g/mol. The first-order chi connectivity index (χ1) is 33.6. The average Bonchev–Trinajstić information content (AvgIpc) is 4.27. The predicted octanol–water partition coefficient (Wildman–Crippen LogP) is 1.42. The number of epoxide rings is 2. The molecule has 16 nitrogen and oxygen atoms in total. The van der Waals surface area contributed by atoms with E-state index in [1.165, 1.54) is 68.5 Å². The summed E-state index contributed by atoms with van der Waals surface area (Å²) < 4.78 is 19.5. The number of carbonyl (C=O) groups is 4. The fourth-order valence-electron chi connectivity index (χ4n) is 11.5. The lowest BCUT2D eigenvalue weighted by Crippen LogP contribution is -2.55. The lowest BCUT2D eigenvalue weighted by atomic mass is 9.69. The van der Waals surface area contributed by atoms with Crippen molar-refractivity contribution in [2.45, 2.75) is 85.8 Å². The SMILES string of the molecule is C[C@@H](O)[C@@]12O[C@]13c1cc(O/C4=C/C#C[C@H](O)[C@]56O[C@@]5([C@@H](C)O)[C@H](C#C4)Nc4c6cc(O)c5c4C(=O)c4ccc(CN)cc4C5=O)c4c(c1N[C@H]2C#C/C=C\C#CC3O)C(=O)c1cc(CN)ccc1C4=O. The Kier molecular flexibility index (Phi) is 9.06. The number of fused-ring (bicyclic) bond motifs is 8. The van der Waals surface area contributed by atoms with Gasteiger partial charge in [-0.15, -0.1) is 0 Å². The van der Waals surface area contributed by atoms with Gasteiger partial charge >= 0.3 is 0 Å². The van der Waals surface area contributed by atoms with E-state index in [1.54, 1.807) is 12.1 Å². The quantitative estimate of drug-likeness (QED) is 0.0649. The second-order valence-corrected chi connectivity index (χ2v) is 18.3. The van der Waals surface area contributed by atoms with Crippen LogP contribution in [-0.2, 0) is 33.8 Å². The van der Waals surface area contributed by atoms with Crippen molar-refractivity contribution in [3.8, 4) is 58.9 Å². The number of aliphatic hydroxyl groups excluding tert-OH is 4. The fourth-order valence-corrected chi connectivity index (χ4v) is 11.5. The Bertz CT molecular complexity index is 3570. The van der Waals surface area contributed by atoms with E-state index in [1.807, 2.05) is 0 Å². The number of aromatic hydroxyl groups is 1. The van der Waals surface area contributed by atoms with E-state index in [-0.39, 0.29) is 91.6 Å². The minimum atomic E-state index is -1.90. The van der Waals surface area contributed by atoms with Crippen LogP contribution < -0.4 is 26.8 Å². The third kappa shape index (κ3) is 5.26. The van der Waals surface area contributed by atoms with Crippen LogP contribution in [0.4, 0.5) is 11.4 Å². The highest BCUT2D eigenvalue weighted by Gasteiger charge is 2.83. The number of aliphatic hydroxyl groups is 4. The summed E-state index contributed by atoms with van der Waals surface area (Å²) in [6.07, 6.45) is -1.92. The topological polar surface area (TPSA) is 280 Å². The van der Waals surface area contributed by atoms with E-state index in [9.17, 15) is 44.7 Å². The summed E-state index contributed by atoms with van der Waals surface area (Å²) in [5.41, 5.74) is 5.50. The van der Waals surface area contributed by atoms with Gasteiger partial charge in [0.05, 0.1) is 45.8 Å². The molecule has 4 aromatic rings. The highest BCUT2D eigenvalue weighted by molar-refractivity contribution is 6.32. The number of benzene rings is 4. The van der Waals surface area contributed by atoms with E-state index in [0.717, 1.165) is 0 Å². The van der Waals surface area contributed by atoms with Gasteiger partial charge in [0, 0.05) is 52.5 Å². The van der Waals surface area contributed by atoms with Gasteiger partial charge in [-0.25, -0.2) is 0 Å². The highest BCUT2D eigenvalue weighted by atomic mass is 16.7. The number of ether oxygens (including phenoxy) is 3. The normalized spacial score (nSPS) is 31.2. The summed E-state index contributed by atoms with van der Waals surface area (Å²) in [6.45, 7) is 3.06. The van der Waals surface area contributed by atoms with Crippen molar-refractivity contribution in [1.29, 1.82) is 0 Å². The molecular formula is C54H38N4O12. The van der Waals surface area contributed by atoms with Gasteiger partial charge in [0.25, 0.3) is 0 Å². The Morgan fingerprint density at radius 2 is 1.13 bits per heavy atom. The minimum Gasteiger partial charge on any atom is -0.507 e. The Labute approximate surface area is 398 Å². The zero-order chi connectivity index (χ0) is 49.0. The van der Waals surface area contributed by atoms with Crippen LogP contribution >= 0.6 is 0 Å². The van der Waals surface area contributed by atoms with Crippen molar-refractivity contribution in [3.63, 3.8) is 0 Å². The monoisotopic (exact) mass is 934 g/mol. The molecule has 4 aliphatic carbocycles. The number of anilines is 2. The van der Waals surface area contributed by atoms with Crippen molar-refractivity contribution >= 4 is 34.5 Å². The van der Waals surface area contributed by atoms with Gasteiger partial charge in [0.2, 0.25) is 0 Å². The average molecular weight is 935 g/mol. The lowest BCUT2D eigenvalue weighted by Gasteiger charge is -2.38. The second-order valence-electron chi connectivity index (χ2n) is 18.3. The summed E-state index contributed by atoms with van der Waals surface area (Å²) in [5.74, 6) is 19.4. The summed E-state index contributed by atoms with van der Waals surface area (Å²) in [5, 5.41) is 65.1. The molecule has 16 heteroatoms. The van der Waals surface area contributed by atoms with Gasteiger partial charge in [-0.1, -0.05) is 53.6 Å². The molecule has 4 aliphatic heterocycles. The van der Waals surface area contributed by atoms with Crippen LogP contribution in [-0.4, -0.2) is 96.4 Å². The number of nitrogens with two attached hydrogens (primary N) is 2. The van der Waals surface area contributed by atoms with Crippen molar-refractivity contribution in [3.05, 3.63) is 139 Å². The van der Waals surface area contributed by atoms with Crippen LogP contribution in [0.25, 0.3) is 0 Å². The first kappa shape index (κ1) is 43.4. The molecule has 2 fully saturated rings. The molecule has 12 rings (SSSR count). The maximum Gasteiger partial charge on any atom is 0.198 e. The third-order valence-corrected chi connectivity index (χ3v) is 14.8. The molecule has 0 aromatic heterocycles. The molecule has 2 saturated heterocycles. The standard InChI is InChI=1S/C54H38N4O12/c1-24(59)51-37-9-5-3-4-6-10-39(62)54(51,69-51)34-21-36(42-44(46(34)57-37)50(67)32-19-27(23-56)12-15-29(32)47(42)64)68-28-8-7-11-40(63)53-33-20-35(61)41-43(45(33)58-38(17-14-28)52(53,70-53)25(2)60)48(65)30-16-13-26(22-55)18-31(30)49(41)66/h3-4,8,12-13,15-16,18-21,24-25,37-40,57-63H,22-23,55-56H2,1-2H3/b4-3-,28-8+/t24-,25-,37+,38+,39?,40+,51+,52+,53+,54+/m1/s1. The number of hydrogen-bond donors (Lipinski definition) is 9. The van der Waals surface area contributed by atoms with E-state index < -0.39 is 87.8 Å². The number of phenolic OH excluding ortho intramolecular Hbond substituents is 1. The summed E-state index contributed by atoms with van der Waals surface area (Å²) in [7, 11) is 0. The van der Waals surface area contributed by atoms with E-state index >= 15 is 0 Å². The maximum atomic E-state index is 15.0. The van der Waals surface area contributed by atoms with E-state index in [0.29, 0.717) is 11.1 Å². The molecule has 4 aromatic carbocycles. The molecule has 1 unspecified atom stereocenters. The summed E-state index contributed by atoms with van der Waals surface area (Å²) >= 11 is 0. The Morgan fingerprint density at radius 1 is 0.643 bits per heavy atom. The van der Waals surface area contributed by atoms with Crippen LogP contribution in [0.3, 0.4) is 0 Å². The number of ketones is 4.